The SMILES string of the molecule is COc1ccc(OC)c(S(=O)(=O)Nc2ccc(CO)cc2)c1. The second-order valence-electron chi connectivity index (χ2n) is 4.48. The van der Waals surface area contributed by atoms with Gasteiger partial charge in [-0.05, 0) is 29.8 Å². The predicted octanol–water partition coefficient (Wildman–Crippen LogP) is 2.00. The number of aliphatic hydroxyl groups is 1. The smallest absolute Gasteiger partial charge is 0.265 e. The summed E-state index contributed by atoms with van der Waals surface area (Å²) in [5.74, 6) is 0.636. The van der Waals surface area contributed by atoms with Crippen LogP contribution in [-0.2, 0) is 16.6 Å². The Balaban J connectivity index is 2.36. The van der Waals surface area contributed by atoms with Crippen molar-refractivity contribution in [3.05, 3.63) is 48.0 Å². The van der Waals surface area contributed by atoms with Gasteiger partial charge in [0.1, 0.15) is 16.4 Å². The zero-order valence-electron chi connectivity index (χ0n) is 12.2. The second kappa shape index (κ2) is 6.67. The highest BCUT2D eigenvalue weighted by atomic mass is 32.2. The molecule has 7 heteroatoms. The van der Waals surface area contributed by atoms with E-state index >= 15 is 0 Å². The van der Waals surface area contributed by atoms with E-state index in [-0.39, 0.29) is 17.3 Å². The van der Waals surface area contributed by atoms with Crippen molar-refractivity contribution in [3.8, 4) is 11.5 Å². The summed E-state index contributed by atoms with van der Waals surface area (Å²) in [6, 6.07) is 11.0. The summed E-state index contributed by atoms with van der Waals surface area (Å²) in [5.41, 5.74) is 1.09. The maximum Gasteiger partial charge on any atom is 0.265 e. The lowest BCUT2D eigenvalue weighted by atomic mass is 10.2. The van der Waals surface area contributed by atoms with Gasteiger partial charge >= 0.3 is 0 Å². The summed E-state index contributed by atoms with van der Waals surface area (Å²) in [7, 11) is -0.968. The first-order valence-corrected chi connectivity index (χ1v) is 7.93. The van der Waals surface area contributed by atoms with Crippen LogP contribution >= 0.6 is 0 Å². The van der Waals surface area contributed by atoms with E-state index in [1.54, 1.807) is 30.3 Å². The molecule has 2 N–H and O–H groups in total. The van der Waals surface area contributed by atoms with Crippen LogP contribution in [0.2, 0.25) is 0 Å². The van der Waals surface area contributed by atoms with Crippen molar-refractivity contribution >= 4 is 15.7 Å². The van der Waals surface area contributed by atoms with Crippen molar-refractivity contribution in [2.75, 3.05) is 18.9 Å². The third kappa shape index (κ3) is 3.49. The van der Waals surface area contributed by atoms with Crippen molar-refractivity contribution in [2.24, 2.45) is 0 Å². The molecule has 0 saturated carbocycles. The molecule has 0 saturated heterocycles. The molecule has 2 aromatic carbocycles. The van der Waals surface area contributed by atoms with Crippen LogP contribution in [0, 0.1) is 0 Å². The van der Waals surface area contributed by atoms with Gasteiger partial charge in [-0.15, -0.1) is 0 Å². The topological polar surface area (TPSA) is 84.9 Å². The van der Waals surface area contributed by atoms with Crippen molar-refractivity contribution < 1.29 is 23.0 Å². The number of ether oxygens (including phenoxy) is 2. The first-order chi connectivity index (χ1) is 10.5. The standard InChI is InChI=1S/C15H17NO5S/c1-20-13-7-8-14(21-2)15(9-13)22(18,19)16-12-5-3-11(10-17)4-6-12/h3-9,16-17H,10H2,1-2H3. The average molecular weight is 323 g/mol. The van der Waals surface area contributed by atoms with Crippen LogP contribution < -0.4 is 14.2 Å². The Morgan fingerprint density at radius 3 is 2.27 bits per heavy atom. The van der Waals surface area contributed by atoms with Gasteiger partial charge in [-0.3, -0.25) is 4.72 Å². The summed E-state index contributed by atoms with van der Waals surface area (Å²) in [6.45, 7) is -0.100. The van der Waals surface area contributed by atoms with Gasteiger partial charge in [-0.25, -0.2) is 8.42 Å². The summed E-state index contributed by atoms with van der Waals surface area (Å²) in [5, 5.41) is 9.00. The highest BCUT2D eigenvalue weighted by Gasteiger charge is 2.20. The van der Waals surface area contributed by atoms with Crippen LogP contribution in [0.5, 0.6) is 11.5 Å². The number of methoxy groups -OCH3 is 2. The van der Waals surface area contributed by atoms with Crippen molar-refractivity contribution in [3.63, 3.8) is 0 Å². The average Bonchev–Trinajstić information content (AvgIpc) is 2.54. The molecule has 0 fully saturated rings. The quantitative estimate of drug-likeness (QED) is 0.849. The number of aliphatic hydroxyl groups excluding tert-OH is 1. The first-order valence-electron chi connectivity index (χ1n) is 6.45. The molecule has 0 aromatic heterocycles. The third-order valence-electron chi connectivity index (χ3n) is 3.05. The Morgan fingerprint density at radius 2 is 1.73 bits per heavy atom. The number of nitrogens with one attached hydrogen (secondary N) is 1. The molecule has 118 valence electrons. The zero-order chi connectivity index (χ0) is 16.2. The maximum atomic E-state index is 12.5. The van der Waals surface area contributed by atoms with E-state index in [0.29, 0.717) is 17.0 Å². The van der Waals surface area contributed by atoms with Crippen LogP contribution in [0.1, 0.15) is 5.56 Å². The molecule has 0 atom stereocenters. The highest BCUT2D eigenvalue weighted by Crippen LogP contribution is 2.29. The van der Waals surface area contributed by atoms with Gasteiger partial charge in [0, 0.05) is 11.8 Å². The monoisotopic (exact) mass is 323 g/mol. The first kappa shape index (κ1) is 16.1. The number of benzene rings is 2. The minimum Gasteiger partial charge on any atom is -0.497 e. The molecule has 0 radical (unpaired) electrons. The predicted molar refractivity (Wildman–Crippen MR) is 82.7 cm³/mol. The molecule has 0 aliphatic carbocycles. The lowest BCUT2D eigenvalue weighted by molar-refractivity contribution is 0.282. The molecular formula is C15H17NO5S. The van der Waals surface area contributed by atoms with Gasteiger partial charge in [0.25, 0.3) is 10.0 Å². The zero-order valence-corrected chi connectivity index (χ0v) is 13.1. The second-order valence-corrected chi connectivity index (χ2v) is 6.13. The maximum absolute atomic E-state index is 12.5. The van der Waals surface area contributed by atoms with Crippen LogP contribution in [0.3, 0.4) is 0 Å². The summed E-state index contributed by atoms with van der Waals surface area (Å²) >= 11 is 0. The molecule has 22 heavy (non-hydrogen) atoms. The van der Waals surface area contributed by atoms with E-state index in [9.17, 15) is 8.42 Å². The van der Waals surface area contributed by atoms with Crippen molar-refractivity contribution in [1.82, 2.24) is 0 Å². The Bertz CT molecular complexity index is 741. The largest absolute Gasteiger partial charge is 0.497 e. The summed E-state index contributed by atoms with van der Waals surface area (Å²) in [6.07, 6.45) is 0. The van der Waals surface area contributed by atoms with Crippen molar-refractivity contribution in [2.45, 2.75) is 11.5 Å². The van der Waals surface area contributed by atoms with Gasteiger partial charge in [0.15, 0.2) is 0 Å². The molecule has 2 aromatic rings. The van der Waals surface area contributed by atoms with Gasteiger partial charge in [-0.2, -0.15) is 0 Å². The Labute approximate surface area is 129 Å². The molecule has 0 heterocycles. The number of rotatable bonds is 6. The Morgan fingerprint density at radius 1 is 1.05 bits per heavy atom. The molecule has 0 unspecified atom stereocenters. The fraction of sp³-hybridized carbons (Fsp3) is 0.200. The van der Waals surface area contributed by atoms with Crippen LogP contribution in [0.25, 0.3) is 0 Å². The molecule has 0 amide bonds. The fourth-order valence-electron chi connectivity index (χ4n) is 1.88. The molecule has 0 spiro atoms. The number of hydrogen-bond acceptors (Lipinski definition) is 5. The van der Waals surface area contributed by atoms with Gasteiger partial charge < -0.3 is 14.6 Å². The van der Waals surface area contributed by atoms with Crippen LogP contribution in [0.4, 0.5) is 5.69 Å². The normalized spacial score (nSPS) is 11.0. The number of sulfonamides is 1. The van der Waals surface area contributed by atoms with E-state index in [0.717, 1.165) is 0 Å². The summed E-state index contributed by atoms with van der Waals surface area (Å²) in [4.78, 5) is -0.0133. The molecule has 0 bridgehead atoms. The molecule has 2 rings (SSSR count). The van der Waals surface area contributed by atoms with E-state index in [2.05, 4.69) is 4.72 Å². The molecule has 0 aliphatic heterocycles. The highest BCUT2D eigenvalue weighted by molar-refractivity contribution is 7.92. The Hall–Kier alpha value is -2.25. The molecule has 0 aliphatic rings. The summed E-state index contributed by atoms with van der Waals surface area (Å²) < 4.78 is 37.6. The number of anilines is 1. The minimum atomic E-state index is -3.83. The van der Waals surface area contributed by atoms with Gasteiger partial charge in [0.2, 0.25) is 0 Å². The number of hydrogen-bond donors (Lipinski definition) is 2. The molecule has 6 nitrogen and oxygen atoms in total. The third-order valence-corrected chi connectivity index (χ3v) is 4.45. The van der Waals surface area contributed by atoms with E-state index in [1.165, 1.54) is 26.4 Å². The lowest BCUT2D eigenvalue weighted by Crippen LogP contribution is -2.14. The molecular weight excluding hydrogens is 306 g/mol. The van der Waals surface area contributed by atoms with E-state index < -0.39 is 10.0 Å². The Kier molecular flexibility index (Phi) is 4.89. The minimum absolute atomic E-state index is 0.0133. The lowest BCUT2D eigenvalue weighted by Gasteiger charge is -2.13. The van der Waals surface area contributed by atoms with E-state index in [4.69, 9.17) is 14.6 Å². The fourth-order valence-corrected chi connectivity index (χ4v) is 3.13. The van der Waals surface area contributed by atoms with Crippen LogP contribution in [-0.4, -0.2) is 27.7 Å². The van der Waals surface area contributed by atoms with Crippen molar-refractivity contribution in [1.29, 1.82) is 0 Å². The van der Waals surface area contributed by atoms with Crippen LogP contribution in [0.15, 0.2) is 47.4 Å². The van der Waals surface area contributed by atoms with Gasteiger partial charge in [-0.1, -0.05) is 12.1 Å². The van der Waals surface area contributed by atoms with Gasteiger partial charge in [0.05, 0.1) is 20.8 Å². The van der Waals surface area contributed by atoms with E-state index in [1.807, 2.05) is 0 Å².